The molecule has 0 spiro atoms. The average molecular weight is 354 g/mol. The first-order valence-corrected chi connectivity index (χ1v) is 7.41. The van der Waals surface area contributed by atoms with Crippen molar-refractivity contribution >= 4 is 33.3 Å². The number of Topliss-reactive ketones (excluding diaryl/α,β-unsaturated/α-hetero) is 1. The summed E-state index contributed by atoms with van der Waals surface area (Å²) in [5, 5.41) is 9.41. The lowest BCUT2D eigenvalue weighted by atomic mass is 10.00. The van der Waals surface area contributed by atoms with Gasteiger partial charge in [0.1, 0.15) is 0 Å². The molecule has 2 rings (SSSR count). The van der Waals surface area contributed by atoms with Gasteiger partial charge in [-0.25, -0.2) is 0 Å². The summed E-state index contributed by atoms with van der Waals surface area (Å²) < 4.78 is 0.728. The highest BCUT2D eigenvalue weighted by atomic mass is 79.9. The summed E-state index contributed by atoms with van der Waals surface area (Å²) in [7, 11) is 0. The van der Waals surface area contributed by atoms with Crippen molar-refractivity contribution in [3.8, 4) is 0 Å². The number of carbonyl (C=O) groups is 1. The standard InChI is InChI=1S/C16H14BrClO2/c1-10-11(8-13(17)6-7-19)2-3-12-9-14(18)4-5-15(12)16(10)20/h4-9,19H,2-3H2,1H3/b7-6+,13-8+. The second-order valence-electron chi connectivity index (χ2n) is 4.63. The van der Waals surface area contributed by atoms with Gasteiger partial charge in [-0.1, -0.05) is 27.5 Å². The monoisotopic (exact) mass is 352 g/mol. The molecule has 0 heterocycles. The van der Waals surface area contributed by atoms with Gasteiger partial charge in [-0.15, -0.1) is 0 Å². The minimum atomic E-state index is 0.0358. The molecular formula is C16H14BrClO2. The lowest BCUT2D eigenvalue weighted by Gasteiger charge is -2.05. The largest absolute Gasteiger partial charge is 0.516 e. The van der Waals surface area contributed by atoms with Crippen LogP contribution in [0.1, 0.15) is 29.3 Å². The van der Waals surface area contributed by atoms with E-state index in [-0.39, 0.29) is 5.78 Å². The van der Waals surface area contributed by atoms with Crippen LogP contribution in [-0.4, -0.2) is 10.9 Å². The molecule has 1 aliphatic carbocycles. The maximum atomic E-state index is 12.5. The second kappa shape index (κ2) is 6.42. The van der Waals surface area contributed by atoms with Crippen LogP contribution in [0.5, 0.6) is 0 Å². The minimum absolute atomic E-state index is 0.0358. The molecule has 0 radical (unpaired) electrons. The van der Waals surface area contributed by atoms with Crippen LogP contribution in [0.3, 0.4) is 0 Å². The molecule has 104 valence electrons. The van der Waals surface area contributed by atoms with E-state index in [4.69, 9.17) is 16.7 Å². The van der Waals surface area contributed by atoms with Crippen LogP contribution in [0.15, 0.2) is 52.2 Å². The molecule has 20 heavy (non-hydrogen) atoms. The summed E-state index contributed by atoms with van der Waals surface area (Å²) in [6.07, 6.45) is 5.89. The first-order chi connectivity index (χ1) is 9.52. The van der Waals surface area contributed by atoms with E-state index in [1.165, 1.54) is 6.08 Å². The molecule has 1 aromatic carbocycles. The van der Waals surface area contributed by atoms with Crippen LogP contribution in [-0.2, 0) is 6.42 Å². The summed E-state index contributed by atoms with van der Waals surface area (Å²) >= 11 is 9.34. The van der Waals surface area contributed by atoms with E-state index in [1.54, 1.807) is 12.1 Å². The zero-order valence-corrected chi connectivity index (χ0v) is 13.3. The van der Waals surface area contributed by atoms with Gasteiger partial charge in [0.2, 0.25) is 0 Å². The smallest absolute Gasteiger partial charge is 0.189 e. The molecule has 1 aliphatic rings. The van der Waals surface area contributed by atoms with Gasteiger partial charge in [-0.2, -0.15) is 0 Å². The maximum Gasteiger partial charge on any atom is 0.189 e. The fourth-order valence-corrected chi connectivity index (χ4v) is 2.85. The van der Waals surface area contributed by atoms with Crippen molar-refractivity contribution < 1.29 is 9.90 Å². The predicted molar refractivity (Wildman–Crippen MR) is 85.6 cm³/mol. The molecule has 1 aromatic rings. The summed E-state index contributed by atoms with van der Waals surface area (Å²) in [6.45, 7) is 1.83. The number of aryl methyl sites for hydroxylation is 1. The van der Waals surface area contributed by atoms with Gasteiger partial charge in [0.05, 0.1) is 6.26 Å². The normalized spacial score (nSPS) is 16.6. The molecule has 0 aliphatic heterocycles. The Labute approximate surface area is 131 Å². The Morgan fingerprint density at radius 2 is 2.15 bits per heavy atom. The molecule has 1 N–H and O–H groups in total. The van der Waals surface area contributed by atoms with Gasteiger partial charge in [-0.3, -0.25) is 4.79 Å². The summed E-state index contributed by atoms with van der Waals surface area (Å²) in [4.78, 5) is 12.5. The summed E-state index contributed by atoms with van der Waals surface area (Å²) in [5.41, 5.74) is 3.41. The Kier molecular flexibility index (Phi) is 4.84. The number of carbonyl (C=O) groups excluding carboxylic acids is 1. The first kappa shape index (κ1) is 15.1. The van der Waals surface area contributed by atoms with Gasteiger partial charge in [0.15, 0.2) is 5.78 Å². The first-order valence-electron chi connectivity index (χ1n) is 6.23. The fourth-order valence-electron chi connectivity index (χ4n) is 2.26. The average Bonchev–Trinajstić information content (AvgIpc) is 2.51. The van der Waals surface area contributed by atoms with Crippen LogP contribution in [0.4, 0.5) is 0 Å². The number of aliphatic hydroxyl groups is 1. The lowest BCUT2D eigenvalue weighted by Crippen LogP contribution is -2.03. The molecule has 0 amide bonds. The van der Waals surface area contributed by atoms with Crippen molar-refractivity contribution in [2.75, 3.05) is 0 Å². The SMILES string of the molecule is CC1=C(/C=C(Br)\C=C\O)CCc2cc(Cl)ccc2C1=O. The molecule has 0 aromatic heterocycles. The van der Waals surface area contributed by atoms with Gasteiger partial charge < -0.3 is 5.11 Å². The number of benzene rings is 1. The number of ketones is 1. The number of hydrogen-bond donors (Lipinski definition) is 1. The van der Waals surface area contributed by atoms with E-state index in [0.717, 1.165) is 45.9 Å². The Hall–Kier alpha value is -1.32. The topological polar surface area (TPSA) is 37.3 Å². The van der Waals surface area contributed by atoms with Gasteiger partial charge in [-0.05, 0) is 61.3 Å². The second-order valence-corrected chi connectivity index (χ2v) is 5.98. The van der Waals surface area contributed by atoms with Gasteiger partial charge in [0, 0.05) is 20.6 Å². The van der Waals surface area contributed by atoms with Crippen LogP contribution in [0.25, 0.3) is 0 Å². The zero-order valence-electron chi connectivity index (χ0n) is 11.0. The lowest BCUT2D eigenvalue weighted by molar-refractivity contribution is 0.103. The third-order valence-corrected chi connectivity index (χ3v) is 4.07. The maximum absolute atomic E-state index is 12.5. The molecule has 0 bridgehead atoms. The third kappa shape index (κ3) is 3.22. The molecule has 2 nitrogen and oxygen atoms in total. The molecule has 0 saturated carbocycles. The Morgan fingerprint density at radius 1 is 1.40 bits per heavy atom. The third-order valence-electron chi connectivity index (χ3n) is 3.34. The Balaban J connectivity index is 2.44. The van der Waals surface area contributed by atoms with Crippen LogP contribution in [0, 0.1) is 0 Å². The predicted octanol–water partition coefficient (Wildman–Crippen LogP) is 5.14. The van der Waals surface area contributed by atoms with Crippen LogP contribution >= 0.6 is 27.5 Å². The Morgan fingerprint density at radius 3 is 2.85 bits per heavy atom. The highest BCUT2D eigenvalue weighted by Crippen LogP contribution is 2.29. The number of fused-ring (bicyclic) bond motifs is 1. The van der Waals surface area contributed by atoms with E-state index in [0.29, 0.717) is 5.02 Å². The summed E-state index contributed by atoms with van der Waals surface area (Å²) in [5.74, 6) is 0.0358. The van der Waals surface area contributed by atoms with Crippen molar-refractivity contribution in [1.82, 2.24) is 0 Å². The van der Waals surface area contributed by atoms with Crippen molar-refractivity contribution in [1.29, 1.82) is 0 Å². The van der Waals surface area contributed by atoms with Gasteiger partial charge in [0.25, 0.3) is 0 Å². The number of rotatable bonds is 2. The van der Waals surface area contributed by atoms with Crippen LogP contribution in [0.2, 0.25) is 5.02 Å². The van der Waals surface area contributed by atoms with Crippen LogP contribution < -0.4 is 0 Å². The molecule has 0 fully saturated rings. The van der Waals surface area contributed by atoms with E-state index in [9.17, 15) is 4.79 Å². The van der Waals surface area contributed by atoms with E-state index in [2.05, 4.69) is 15.9 Å². The van der Waals surface area contributed by atoms with E-state index < -0.39 is 0 Å². The van der Waals surface area contributed by atoms with Gasteiger partial charge >= 0.3 is 0 Å². The molecule has 0 atom stereocenters. The summed E-state index contributed by atoms with van der Waals surface area (Å²) in [6, 6.07) is 5.40. The quantitative estimate of drug-likeness (QED) is 0.590. The number of halogens is 2. The van der Waals surface area contributed by atoms with Crippen molar-refractivity contribution in [3.05, 3.63) is 68.4 Å². The van der Waals surface area contributed by atoms with E-state index >= 15 is 0 Å². The van der Waals surface area contributed by atoms with E-state index in [1.807, 2.05) is 19.1 Å². The minimum Gasteiger partial charge on any atom is -0.516 e. The Bertz CT molecular complexity index is 642. The fraction of sp³-hybridized carbons (Fsp3) is 0.188. The molecule has 0 unspecified atom stereocenters. The molecule has 0 saturated heterocycles. The number of aliphatic hydroxyl groups excluding tert-OH is 1. The highest BCUT2D eigenvalue weighted by molar-refractivity contribution is 9.11. The van der Waals surface area contributed by atoms with Crippen molar-refractivity contribution in [3.63, 3.8) is 0 Å². The highest BCUT2D eigenvalue weighted by Gasteiger charge is 2.20. The molecular weight excluding hydrogens is 340 g/mol. The number of allylic oxidation sites excluding steroid dienone is 5. The molecule has 4 heteroatoms. The zero-order chi connectivity index (χ0) is 14.7. The van der Waals surface area contributed by atoms with Crippen molar-refractivity contribution in [2.24, 2.45) is 0 Å². The van der Waals surface area contributed by atoms with Crippen molar-refractivity contribution in [2.45, 2.75) is 19.8 Å². The number of hydrogen-bond acceptors (Lipinski definition) is 2.